The fraction of sp³-hybridized carbons (Fsp3) is 0.200. The lowest BCUT2D eigenvalue weighted by Gasteiger charge is -2.09. The van der Waals surface area contributed by atoms with E-state index in [1.807, 2.05) is 45.0 Å². The second-order valence-corrected chi connectivity index (χ2v) is 7.28. The van der Waals surface area contributed by atoms with Crippen molar-refractivity contribution in [2.75, 3.05) is 13.2 Å². The van der Waals surface area contributed by atoms with Crippen molar-refractivity contribution in [2.45, 2.75) is 20.8 Å². The molecule has 8 heteroatoms. The Balaban J connectivity index is 0.000000186. The third-order valence-electron chi connectivity index (χ3n) is 4.67. The molecule has 2 aromatic carbocycles. The molecule has 0 amide bonds. The highest BCUT2D eigenvalue weighted by molar-refractivity contribution is 6.30. The molecule has 1 N–H and O–H groups in total. The van der Waals surface area contributed by atoms with Crippen molar-refractivity contribution < 1.29 is 19.4 Å². The largest absolute Gasteiger partial charge is 0.493 e. The summed E-state index contributed by atoms with van der Waals surface area (Å²) in [6, 6.07) is 16.5. The molecule has 0 bridgehead atoms. The van der Waals surface area contributed by atoms with Crippen LogP contribution in [0.4, 0.5) is 0 Å². The van der Waals surface area contributed by atoms with Crippen LogP contribution in [0.1, 0.15) is 35.7 Å². The first kappa shape index (κ1) is 23.8. The summed E-state index contributed by atoms with van der Waals surface area (Å²) in [4.78, 5) is 19.1. The maximum Gasteiger partial charge on any atom is 0.355 e. The van der Waals surface area contributed by atoms with E-state index >= 15 is 0 Å². The van der Waals surface area contributed by atoms with Crippen LogP contribution in [-0.2, 0) is 0 Å². The van der Waals surface area contributed by atoms with Gasteiger partial charge in [0.25, 0.3) is 0 Å². The smallest absolute Gasteiger partial charge is 0.355 e. The number of ether oxygens (including phenoxy) is 2. The molecule has 0 unspecified atom stereocenters. The van der Waals surface area contributed by atoms with Gasteiger partial charge in [-0.3, -0.25) is 0 Å². The van der Waals surface area contributed by atoms with E-state index in [4.69, 9.17) is 31.4 Å². The van der Waals surface area contributed by atoms with Gasteiger partial charge in [-0.05, 0) is 45.0 Å². The van der Waals surface area contributed by atoms with Gasteiger partial charge in [0, 0.05) is 27.2 Å². The lowest BCUT2D eigenvalue weighted by Crippen LogP contribution is -2.02. The number of aryl methyl sites for hydroxylation is 1. The van der Waals surface area contributed by atoms with Gasteiger partial charge in [-0.1, -0.05) is 35.9 Å². The van der Waals surface area contributed by atoms with Crippen molar-refractivity contribution in [2.24, 2.45) is 0 Å². The van der Waals surface area contributed by atoms with Gasteiger partial charge in [0.1, 0.15) is 28.4 Å². The van der Waals surface area contributed by atoms with Gasteiger partial charge in [-0.15, -0.1) is 0 Å². The Labute approximate surface area is 196 Å². The molecule has 0 fully saturated rings. The standard InChI is InChI=1S/C13H12N2O.C12H10ClNO3/c1-3-16-13-6-4-5-10-11(13)7-9(2)15-12(10)8-14;1-2-17-9-5-3-4-7-8(9)6-10(13)14-11(7)12(15)16/h4-7H,3H2,1-2H3;3-6H,2H2,1H3,(H,15,16). The lowest BCUT2D eigenvalue weighted by molar-refractivity contribution is 0.0693. The van der Waals surface area contributed by atoms with Crippen LogP contribution in [0.15, 0.2) is 48.5 Å². The average molecular weight is 464 g/mol. The number of fused-ring (bicyclic) bond motifs is 2. The number of benzene rings is 2. The van der Waals surface area contributed by atoms with Crippen LogP contribution in [0.2, 0.25) is 5.15 Å². The molecule has 0 radical (unpaired) electrons. The zero-order valence-corrected chi connectivity index (χ0v) is 19.2. The zero-order valence-electron chi connectivity index (χ0n) is 18.4. The minimum atomic E-state index is -1.11. The van der Waals surface area contributed by atoms with Crippen molar-refractivity contribution in [3.63, 3.8) is 0 Å². The summed E-state index contributed by atoms with van der Waals surface area (Å²) < 4.78 is 11.0. The van der Waals surface area contributed by atoms with Crippen LogP contribution < -0.4 is 9.47 Å². The normalized spacial score (nSPS) is 10.3. The van der Waals surface area contributed by atoms with Crippen molar-refractivity contribution in [1.82, 2.24) is 9.97 Å². The first-order chi connectivity index (χ1) is 15.9. The van der Waals surface area contributed by atoms with E-state index in [1.54, 1.807) is 24.3 Å². The monoisotopic (exact) mass is 463 g/mol. The van der Waals surface area contributed by atoms with Gasteiger partial charge in [-0.25, -0.2) is 14.8 Å². The number of aromatic carboxylic acids is 1. The Hall–Kier alpha value is -3.89. The van der Waals surface area contributed by atoms with Crippen LogP contribution in [-0.4, -0.2) is 34.3 Å². The number of carboxylic acid groups (broad SMARTS) is 1. The highest BCUT2D eigenvalue weighted by Crippen LogP contribution is 2.30. The Morgan fingerprint density at radius 1 is 0.970 bits per heavy atom. The number of rotatable bonds is 5. The molecule has 168 valence electrons. The van der Waals surface area contributed by atoms with Gasteiger partial charge in [0.15, 0.2) is 5.69 Å². The van der Waals surface area contributed by atoms with Crippen LogP contribution in [0, 0.1) is 18.3 Å². The van der Waals surface area contributed by atoms with Gasteiger partial charge in [0.05, 0.1) is 13.2 Å². The predicted molar refractivity (Wildman–Crippen MR) is 127 cm³/mol. The van der Waals surface area contributed by atoms with E-state index in [0.29, 0.717) is 35.4 Å². The molecule has 0 saturated heterocycles. The Morgan fingerprint density at radius 2 is 1.55 bits per heavy atom. The molecule has 2 heterocycles. The molecule has 7 nitrogen and oxygen atoms in total. The van der Waals surface area contributed by atoms with Crippen LogP contribution in [0.5, 0.6) is 11.5 Å². The van der Waals surface area contributed by atoms with E-state index in [0.717, 1.165) is 22.2 Å². The summed E-state index contributed by atoms with van der Waals surface area (Å²) in [5, 5.41) is 21.2. The lowest BCUT2D eigenvalue weighted by atomic mass is 10.1. The molecule has 4 rings (SSSR count). The summed E-state index contributed by atoms with van der Waals surface area (Å²) in [5.74, 6) is 0.310. The predicted octanol–water partition coefficient (Wildman–Crippen LogP) is 5.80. The maximum absolute atomic E-state index is 11.1. The molecule has 33 heavy (non-hydrogen) atoms. The molecule has 0 aliphatic rings. The molecule has 0 spiro atoms. The Kier molecular flexibility index (Phi) is 7.65. The minimum absolute atomic E-state index is 0.0611. The number of hydrogen-bond acceptors (Lipinski definition) is 6. The minimum Gasteiger partial charge on any atom is -0.493 e. The van der Waals surface area contributed by atoms with Gasteiger partial charge in [0.2, 0.25) is 0 Å². The molecule has 0 atom stereocenters. The molecular weight excluding hydrogens is 442 g/mol. The summed E-state index contributed by atoms with van der Waals surface area (Å²) in [5.41, 5.74) is 1.22. The highest BCUT2D eigenvalue weighted by atomic mass is 35.5. The van der Waals surface area contributed by atoms with Crippen LogP contribution in [0.3, 0.4) is 0 Å². The summed E-state index contributed by atoms with van der Waals surface area (Å²) in [7, 11) is 0. The van der Waals surface area contributed by atoms with Gasteiger partial charge >= 0.3 is 5.97 Å². The molecule has 0 aliphatic carbocycles. The van der Waals surface area contributed by atoms with Crippen molar-refractivity contribution in [1.29, 1.82) is 5.26 Å². The number of carbonyl (C=O) groups is 1. The fourth-order valence-electron chi connectivity index (χ4n) is 3.41. The van der Waals surface area contributed by atoms with Crippen molar-refractivity contribution in [3.05, 3.63) is 70.8 Å². The maximum atomic E-state index is 11.1. The highest BCUT2D eigenvalue weighted by Gasteiger charge is 2.14. The zero-order chi connectivity index (χ0) is 24.0. The van der Waals surface area contributed by atoms with E-state index in [9.17, 15) is 4.79 Å². The van der Waals surface area contributed by atoms with Gasteiger partial charge in [-0.2, -0.15) is 5.26 Å². The number of carboxylic acids is 1. The third kappa shape index (κ3) is 5.30. The summed E-state index contributed by atoms with van der Waals surface area (Å²) >= 11 is 5.81. The first-order valence-electron chi connectivity index (χ1n) is 10.3. The van der Waals surface area contributed by atoms with E-state index in [-0.39, 0.29) is 10.8 Å². The molecule has 0 aliphatic heterocycles. The summed E-state index contributed by atoms with van der Waals surface area (Å²) in [6.07, 6.45) is 0. The Morgan fingerprint density at radius 3 is 2.09 bits per heavy atom. The van der Waals surface area contributed by atoms with E-state index in [1.165, 1.54) is 0 Å². The van der Waals surface area contributed by atoms with Crippen molar-refractivity contribution in [3.8, 4) is 17.6 Å². The van der Waals surface area contributed by atoms with Crippen molar-refractivity contribution >= 4 is 39.1 Å². The van der Waals surface area contributed by atoms with E-state index in [2.05, 4.69) is 16.0 Å². The SMILES string of the molecule is CCOc1cccc2c(C#N)nc(C)cc12.CCOc1cccc2c(C(=O)O)nc(Cl)cc12. The fourth-order valence-corrected chi connectivity index (χ4v) is 3.60. The third-order valence-corrected chi connectivity index (χ3v) is 4.87. The topological polar surface area (TPSA) is 105 Å². The molecule has 0 saturated carbocycles. The molecule has 4 aromatic rings. The number of nitriles is 1. The Bertz CT molecular complexity index is 1370. The molecule has 2 aromatic heterocycles. The van der Waals surface area contributed by atoms with Crippen LogP contribution in [0.25, 0.3) is 21.5 Å². The summed E-state index contributed by atoms with van der Waals surface area (Å²) in [6.45, 7) is 6.80. The average Bonchev–Trinajstić information content (AvgIpc) is 2.79. The quantitative estimate of drug-likeness (QED) is 0.373. The number of nitrogens with zero attached hydrogens (tertiary/aromatic N) is 3. The van der Waals surface area contributed by atoms with Gasteiger partial charge < -0.3 is 14.6 Å². The second-order valence-electron chi connectivity index (χ2n) is 6.89. The number of pyridine rings is 2. The molecular formula is C25H22ClN3O4. The van der Waals surface area contributed by atoms with E-state index < -0.39 is 5.97 Å². The van der Waals surface area contributed by atoms with Crippen LogP contribution >= 0.6 is 11.6 Å². The number of halogens is 1. The number of aromatic nitrogens is 2. The number of hydrogen-bond donors (Lipinski definition) is 1. The first-order valence-corrected chi connectivity index (χ1v) is 10.7. The second kappa shape index (κ2) is 10.6.